The van der Waals surface area contributed by atoms with E-state index >= 15 is 0 Å². The monoisotopic (exact) mass is 362 g/mol. The van der Waals surface area contributed by atoms with Crippen LogP contribution in [-0.4, -0.2) is 89.8 Å². The molecule has 0 N–H and O–H groups in total. The Morgan fingerprint density at radius 1 is 0.960 bits per heavy atom. The Balaban J connectivity index is 1.43. The summed E-state index contributed by atoms with van der Waals surface area (Å²) in [5.41, 5.74) is 0. The van der Waals surface area contributed by atoms with Crippen LogP contribution in [0.5, 0.6) is 0 Å². The highest BCUT2D eigenvalue weighted by Crippen LogP contribution is 2.35. The predicted molar refractivity (Wildman–Crippen MR) is 87.5 cm³/mol. The van der Waals surface area contributed by atoms with E-state index in [1.807, 2.05) is 13.8 Å². The van der Waals surface area contributed by atoms with Crippen LogP contribution in [0.15, 0.2) is 0 Å². The van der Waals surface area contributed by atoms with Crippen molar-refractivity contribution in [3.63, 3.8) is 0 Å². The fraction of sp³-hybridized carbons (Fsp3) is 0.941. The molecule has 0 amide bonds. The summed E-state index contributed by atoms with van der Waals surface area (Å²) < 4.78 is 38.9. The molecule has 8 heteroatoms. The lowest BCUT2D eigenvalue weighted by Gasteiger charge is -2.31. The molecular weight excluding hydrogens is 332 g/mol. The molecule has 2 saturated heterocycles. The van der Waals surface area contributed by atoms with Crippen LogP contribution in [-0.2, 0) is 38.0 Å². The van der Waals surface area contributed by atoms with Gasteiger partial charge < -0.3 is 38.0 Å². The van der Waals surface area contributed by atoms with Crippen molar-refractivity contribution in [1.29, 1.82) is 0 Å². The highest BCUT2D eigenvalue weighted by Gasteiger charge is 2.47. The van der Waals surface area contributed by atoms with Crippen molar-refractivity contribution in [2.45, 2.75) is 44.4 Å². The van der Waals surface area contributed by atoms with Crippen LogP contribution in [0.1, 0.15) is 20.3 Å². The zero-order valence-corrected chi connectivity index (χ0v) is 15.1. The Bertz CT molecular complexity index is 376. The van der Waals surface area contributed by atoms with E-state index in [1.54, 1.807) is 0 Å². The highest BCUT2D eigenvalue weighted by molar-refractivity contribution is 5.50. The van der Waals surface area contributed by atoms with Crippen molar-refractivity contribution in [3.8, 4) is 0 Å². The molecular formula is C17H30O8. The second kappa shape index (κ2) is 11.2. The Morgan fingerprint density at radius 3 is 2.28 bits per heavy atom. The Kier molecular flexibility index (Phi) is 9.25. The maximum atomic E-state index is 10.0. The summed E-state index contributed by atoms with van der Waals surface area (Å²) >= 11 is 0. The predicted octanol–water partition coefficient (Wildman–Crippen LogP) is 0.561. The maximum Gasteiger partial charge on any atom is 0.163 e. The van der Waals surface area contributed by atoms with Gasteiger partial charge in [-0.2, -0.15) is 0 Å². The lowest BCUT2D eigenvalue weighted by molar-refractivity contribution is -0.160. The topological polar surface area (TPSA) is 81.7 Å². The van der Waals surface area contributed by atoms with Crippen LogP contribution in [0, 0.1) is 0 Å². The summed E-state index contributed by atoms with van der Waals surface area (Å²) in [5.74, 6) is -0.553. The molecule has 0 spiro atoms. The van der Waals surface area contributed by atoms with Crippen molar-refractivity contribution in [2.75, 3.05) is 59.5 Å². The number of fused-ring (bicyclic) bond motifs is 1. The molecule has 0 bridgehead atoms. The van der Waals surface area contributed by atoms with E-state index in [0.717, 1.165) is 6.42 Å². The average molecular weight is 362 g/mol. The van der Waals surface area contributed by atoms with Gasteiger partial charge in [0.15, 0.2) is 5.79 Å². The molecule has 0 radical (unpaired) electrons. The van der Waals surface area contributed by atoms with Gasteiger partial charge in [-0.25, -0.2) is 0 Å². The van der Waals surface area contributed by atoms with Gasteiger partial charge in [0.2, 0.25) is 0 Å². The smallest absolute Gasteiger partial charge is 0.163 e. The summed E-state index contributed by atoms with van der Waals surface area (Å²) in [6.45, 7) is 7.92. The van der Waals surface area contributed by atoms with Gasteiger partial charge in [-0.05, 0) is 20.3 Å². The van der Waals surface area contributed by atoms with Gasteiger partial charge in [0.1, 0.15) is 25.1 Å². The molecule has 2 aliphatic rings. The SMILES string of the molecule is CC1(C)OC2CCOC(COCCOCCOCCOCC=O)C2O1. The summed E-state index contributed by atoms with van der Waals surface area (Å²) in [6.07, 6.45) is 1.48. The van der Waals surface area contributed by atoms with E-state index in [2.05, 4.69) is 0 Å². The molecule has 146 valence electrons. The van der Waals surface area contributed by atoms with Crippen LogP contribution in [0.4, 0.5) is 0 Å². The zero-order chi connectivity index (χ0) is 18.0. The van der Waals surface area contributed by atoms with Crippen LogP contribution in [0.25, 0.3) is 0 Å². The maximum absolute atomic E-state index is 10.0. The molecule has 3 unspecified atom stereocenters. The lowest BCUT2D eigenvalue weighted by atomic mass is 10.0. The summed E-state index contributed by atoms with van der Waals surface area (Å²) in [5, 5.41) is 0. The largest absolute Gasteiger partial charge is 0.377 e. The second-order valence-corrected chi connectivity index (χ2v) is 6.38. The minimum Gasteiger partial charge on any atom is -0.377 e. The molecule has 2 aliphatic heterocycles. The number of hydrogen-bond acceptors (Lipinski definition) is 8. The van der Waals surface area contributed by atoms with Crippen LogP contribution >= 0.6 is 0 Å². The zero-order valence-electron chi connectivity index (χ0n) is 15.1. The molecule has 0 aromatic carbocycles. The van der Waals surface area contributed by atoms with Gasteiger partial charge >= 0.3 is 0 Å². The van der Waals surface area contributed by atoms with Crippen LogP contribution < -0.4 is 0 Å². The third-order valence-corrected chi connectivity index (χ3v) is 3.91. The Hall–Kier alpha value is -0.610. The van der Waals surface area contributed by atoms with E-state index in [-0.39, 0.29) is 24.9 Å². The van der Waals surface area contributed by atoms with Gasteiger partial charge in [-0.1, -0.05) is 0 Å². The number of rotatable bonds is 13. The second-order valence-electron chi connectivity index (χ2n) is 6.38. The summed E-state index contributed by atoms with van der Waals surface area (Å²) in [4.78, 5) is 10.0. The first-order valence-electron chi connectivity index (χ1n) is 8.84. The molecule has 25 heavy (non-hydrogen) atoms. The normalized spacial score (nSPS) is 28.0. The first-order valence-corrected chi connectivity index (χ1v) is 8.84. The number of carbonyl (C=O) groups excluding carboxylic acids is 1. The van der Waals surface area contributed by atoms with Crippen LogP contribution in [0.3, 0.4) is 0 Å². The van der Waals surface area contributed by atoms with Gasteiger partial charge in [0.05, 0.1) is 52.4 Å². The fourth-order valence-corrected chi connectivity index (χ4v) is 2.86. The Labute approximate surface area is 149 Å². The van der Waals surface area contributed by atoms with E-state index in [0.29, 0.717) is 59.1 Å². The van der Waals surface area contributed by atoms with Crippen molar-refractivity contribution < 1.29 is 38.0 Å². The molecule has 0 aromatic heterocycles. The standard InChI is InChI=1S/C17H30O8/c1-17(2)24-14-3-5-23-15(16(14)25-17)13-22-12-11-21-10-9-20-8-7-19-6-4-18/h4,14-16H,3,5-13H2,1-2H3. The van der Waals surface area contributed by atoms with E-state index in [4.69, 9.17) is 33.2 Å². The molecule has 2 heterocycles. The molecule has 0 aromatic rings. The molecule has 2 rings (SSSR count). The molecule has 8 nitrogen and oxygen atoms in total. The molecule has 0 saturated carbocycles. The molecule has 0 aliphatic carbocycles. The van der Waals surface area contributed by atoms with E-state index in [9.17, 15) is 4.79 Å². The summed E-state index contributed by atoms with van der Waals surface area (Å²) in [6, 6.07) is 0. The van der Waals surface area contributed by atoms with Crippen molar-refractivity contribution >= 4 is 6.29 Å². The third kappa shape index (κ3) is 7.65. The number of aldehydes is 1. The number of ether oxygens (including phenoxy) is 7. The molecule has 3 atom stereocenters. The number of hydrogen-bond donors (Lipinski definition) is 0. The van der Waals surface area contributed by atoms with E-state index in [1.165, 1.54) is 0 Å². The van der Waals surface area contributed by atoms with Crippen molar-refractivity contribution in [3.05, 3.63) is 0 Å². The van der Waals surface area contributed by atoms with Crippen molar-refractivity contribution in [2.24, 2.45) is 0 Å². The summed E-state index contributed by atoms with van der Waals surface area (Å²) in [7, 11) is 0. The van der Waals surface area contributed by atoms with Crippen molar-refractivity contribution in [1.82, 2.24) is 0 Å². The quantitative estimate of drug-likeness (QED) is 0.347. The van der Waals surface area contributed by atoms with Gasteiger partial charge in [-0.3, -0.25) is 0 Å². The minimum atomic E-state index is -0.553. The van der Waals surface area contributed by atoms with Crippen LogP contribution in [0.2, 0.25) is 0 Å². The van der Waals surface area contributed by atoms with E-state index < -0.39 is 5.79 Å². The highest BCUT2D eigenvalue weighted by atomic mass is 16.8. The van der Waals surface area contributed by atoms with Gasteiger partial charge in [0, 0.05) is 6.61 Å². The lowest BCUT2D eigenvalue weighted by Crippen LogP contribution is -2.45. The third-order valence-electron chi connectivity index (χ3n) is 3.91. The van der Waals surface area contributed by atoms with Gasteiger partial charge in [-0.15, -0.1) is 0 Å². The Morgan fingerprint density at radius 2 is 1.60 bits per heavy atom. The molecule has 2 fully saturated rings. The first kappa shape index (κ1) is 20.7. The average Bonchev–Trinajstić information content (AvgIpc) is 2.90. The fourth-order valence-electron chi connectivity index (χ4n) is 2.86. The number of carbonyl (C=O) groups is 1. The minimum absolute atomic E-state index is 0.0699. The van der Waals surface area contributed by atoms with Gasteiger partial charge in [0.25, 0.3) is 0 Å². The first-order chi connectivity index (χ1) is 12.1.